The fraction of sp³-hybridized carbons (Fsp3) is 0. The number of anilines is 1. The number of rotatable bonds is 1. The molecule has 2 aromatic carbocycles. The molecule has 0 bridgehead atoms. The Kier molecular flexibility index (Phi) is 4.24. The van der Waals surface area contributed by atoms with Gasteiger partial charge in [-0.1, -0.05) is 48.5 Å². The molecule has 0 saturated carbocycles. The summed E-state index contributed by atoms with van der Waals surface area (Å²) in [6.45, 7) is 0. The van der Waals surface area contributed by atoms with E-state index in [1.54, 1.807) is 18.3 Å². The summed E-state index contributed by atoms with van der Waals surface area (Å²) in [4.78, 5) is 14.2. The van der Waals surface area contributed by atoms with E-state index >= 15 is 0 Å². The molecule has 3 rings (SSSR count). The Balaban J connectivity index is 0.000000148. The van der Waals surface area contributed by atoms with Crippen LogP contribution in [0.4, 0.5) is 5.69 Å². The summed E-state index contributed by atoms with van der Waals surface area (Å²) in [5, 5.41) is 1.02. The largest absolute Gasteiger partial charge is 0.398 e. The lowest BCUT2D eigenvalue weighted by Crippen LogP contribution is -1.87. The maximum atomic E-state index is 10.0. The molecule has 3 aromatic rings. The molecule has 0 aliphatic rings. The van der Waals surface area contributed by atoms with E-state index in [2.05, 4.69) is 4.98 Å². The van der Waals surface area contributed by atoms with Crippen LogP contribution in [-0.2, 0) is 0 Å². The summed E-state index contributed by atoms with van der Waals surface area (Å²) in [5.41, 5.74) is 8.18. The SMILES string of the molecule is Nc1ccnc2ccccc12.O=Cc1ccccc1. The van der Waals surface area contributed by atoms with Gasteiger partial charge in [-0.25, -0.2) is 0 Å². The van der Waals surface area contributed by atoms with Crippen molar-refractivity contribution in [2.24, 2.45) is 0 Å². The van der Waals surface area contributed by atoms with Gasteiger partial charge in [0.2, 0.25) is 0 Å². The average Bonchev–Trinajstić information content (AvgIpc) is 2.49. The number of nitrogens with two attached hydrogens (primary N) is 1. The topological polar surface area (TPSA) is 56.0 Å². The highest BCUT2D eigenvalue weighted by molar-refractivity contribution is 5.89. The molecule has 1 heterocycles. The minimum atomic E-state index is 0.729. The second kappa shape index (κ2) is 6.31. The number of benzene rings is 2. The summed E-state index contributed by atoms with van der Waals surface area (Å²) in [7, 11) is 0. The van der Waals surface area contributed by atoms with Crippen molar-refractivity contribution in [3.8, 4) is 0 Å². The molecule has 0 amide bonds. The standard InChI is InChI=1S/C9H8N2.C7H6O/c10-8-5-6-11-9-4-2-1-3-7(8)9;8-6-7-4-2-1-3-5-7/h1-6H,(H2,10,11);1-6H. The van der Waals surface area contributed by atoms with Crippen LogP contribution in [0.15, 0.2) is 66.9 Å². The van der Waals surface area contributed by atoms with Gasteiger partial charge in [0.25, 0.3) is 0 Å². The van der Waals surface area contributed by atoms with E-state index in [4.69, 9.17) is 5.73 Å². The molecule has 0 unspecified atom stereocenters. The third kappa shape index (κ3) is 3.39. The Hall–Kier alpha value is -2.68. The lowest BCUT2D eigenvalue weighted by molar-refractivity contribution is 0.112. The van der Waals surface area contributed by atoms with Gasteiger partial charge in [0.15, 0.2) is 0 Å². The van der Waals surface area contributed by atoms with Gasteiger partial charge >= 0.3 is 0 Å². The number of aldehydes is 1. The van der Waals surface area contributed by atoms with Crippen molar-refractivity contribution in [2.75, 3.05) is 5.73 Å². The monoisotopic (exact) mass is 250 g/mol. The first-order valence-electron chi connectivity index (χ1n) is 5.90. The number of nitrogens with zero attached hydrogens (tertiary/aromatic N) is 1. The van der Waals surface area contributed by atoms with Crippen LogP contribution >= 0.6 is 0 Å². The van der Waals surface area contributed by atoms with Crippen LogP contribution in [0.3, 0.4) is 0 Å². The molecule has 0 saturated heterocycles. The predicted octanol–water partition coefficient (Wildman–Crippen LogP) is 3.32. The minimum Gasteiger partial charge on any atom is -0.398 e. The molecule has 0 radical (unpaired) electrons. The van der Waals surface area contributed by atoms with Gasteiger partial charge in [-0.15, -0.1) is 0 Å². The van der Waals surface area contributed by atoms with Gasteiger partial charge < -0.3 is 5.73 Å². The summed E-state index contributed by atoms with van der Waals surface area (Å²) in [5.74, 6) is 0. The number of aromatic nitrogens is 1. The van der Waals surface area contributed by atoms with Crippen LogP contribution in [0.25, 0.3) is 10.9 Å². The highest BCUT2D eigenvalue weighted by Gasteiger charge is 1.94. The Labute approximate surface area is 111 Å². The number of nitrogen functional groups attached to an aromatic ring is 1. The van der Waals surface area contributed by atoms with Crippen molar-refractivity contribution in [2.45, 2.75) is 0 Å². The Morgan fingerprint density at radius 2 is 1.58 bits per heavy atom. The van der Waals surface area contributed by atoms with Crippen molar-refractivity contribution >= 4 is 22.9 Å². The zero-order valence-corrected chi connectivity index (χ0v) is 10.4. The molecule has 0 fully saturated rings. The van der Waals surface area contributed by atoms with E-state index < -0.39 is 0 Å². The predicted molar refractivity (Wildman–Crippen MR) is 78.0 cm³/mol. The summed E-state index contributed by atoms with van der Waals surface area (Å²) >= 11 is 0. The van der Waals surface area contributed by atoms with E-state index in [9.17, 15) is 4.79 Å². The second-order valence-electron chi connectivity index (χ2n) is 3.95. The number of para-hydroxylation sites is 1. The first-order valence-corrected chi connectivity index (χ1v) is 5.90. The first-order chi connectivity index (χ1) is 9.31. The Morgan fingerprint density at radius 1 is 0.895 bits per heavy atom. The summed E-state index contributed by atoms with van der Waals surface area (Å²) in [6.07, 6.45) is 2.55. The molecule has 0 atom stereocenters. The molecule has 3 heteroatoms. The van der Waals surface area contributed by atoms with Crippen LogP contribution in [0, 0.1) is 0 Å². The highest BCUT2D eigenvalue weighted by atomic mass is 16.1. The van der Waals surface area contributed by atoms with Gasteiger partial charge in [0.05, 0.1) is 5.52 Å². The highest BCUT2D eigenvalue weighted by Crippen LogP contribution is 2.16. The van der Waals surface area contributed by atoms with Crippen LogP contribution in [0.2, 0.25) is 0 Å². The lowest BCUT2D eigenvalue weighted by Gasteiger charge is -1.97. The van der Waals surface area contributed by atoms with Gasteiger partial charge in [0, 0.05) is 22.8 Å². The van der Waals surface area contributed by atoms with E-state index in [0.717, 1.165) is 28.4 Å². The van der Waals surface area contributed by atoms with Gasteiger partial charge in [-0.3, -0.25) is 9.78 Å². The second-order valence-corrected chi connectivity index (χ2v) is 3.95. The van der Waals surface area contributed by atoms with Crippen LogP contribution in [0.1, 0.15) is 10.4 Å². The fourth-order valence-corrected chi connectivity index (χ4v) is 1.65. The molecular formula is C16H14N2O. The van der Waals surface area contributed by atoms with Gasteiger partial charge in [0.1, 0.15) is 6.29 Å². The Morgan fingerprint density at radius 3 is 2.21 bits per heavy atom. The van der Waals surface area contributed by atoms with E-state index in [-0.39, 0.29) is 0 Å². The van der Waals surface area contributed by atoms with Gasteiger partial charge in [-0.2, -0.15) is 0 Å². The maximum Gasteiger partial charge on any atom is 0.150 e. The van der Waals surface area contributed by atoms with Crippen molar-refractivity contribution in [1.82, 2.24) is 4.98 Å². The fourth-order valence-electron chi connectivity index (χ4n) is 1.65. The average molecular weight is 250 g/mol. The third-order valence-electron chi connectivity index (χ3n) is 2.62. The van der Waals surface area contributed by atoms with Crippen LogP contribution < -0.4 is 5.73 Å². The molecule has 3 nitrogen and oxygen atoms in total. The number of carbonyl (C=O) groups excluding carboxylic acids is 1. The Bertz CT molecular complexity index is 660. The number of fused-ring (bicyclic) bond motifs is 1. The quantitative estimate of drug-likeness (QED) is 0.674. The van der Waals surface area contributed by atoms with Crippen molar-refractivity contribution in [3.05, 3.63) is 72.4 Å². The number of pyridine rings is 1. The number of hydrogen-bond acceptors (Lipinski definition) is 3. The molecule has 0 spiro atoms. The molecule has 0 aliphatic carbocycles. The van der Waals surface area contributed by atoms with Crippen molar-refractivity contribution in [1.29, 1.82) is 0 Å². The minimum absolute atomic E-state index is 0.729. The van der Waals surface area contributed by atoms with Crippen LogP contribution in [-0.4, -0.2) is 11.3 Å². The third-order valence-corrected chi connectivity index (χ3v) is 2.62. The summed E-state index contributed by atoms with van der Waals surface area (Å²) in [6, 6.07) is 18.7. The summed E-state index contributed by atoms with van der Waals surface area (Å²) < 4.78 is 0. The zero-order chi connectivity index (χ0) is 13.5. The molecule has 2 N–H and O–H groups in total. The molecule has 1 aromatic heterocycles. The lowest BCUT2D eigenvalue weighted by atomic mass is 10.2. The van der Waals surface area contributed by atoms with E-state index in [1.807, 2.05) is 48.5 Å². The smallest absolute Gasteiger partial charge is 0.150 e. The van der Waals surface area contributed by atoms with Crippen LogP contribution in [0.5, 0.6) is 0 Å². The van der Waals surface area contributed by atoms with E-state index in [0.29, 0.717) is 0 Å². The van der Waals surface area contributed by atoms with E-state index in [1.165, 1.54) is 0 Å². The molecule has 19 heavy (non-hydrogen) atoms. The number of hydrogen-bond donors (Lipinski definition) is 1. The molecular weight excluding hydrogens is 236 g/mol. The number of carbonyl (C=O) groups is 1. The van der Waals surface area contributed by atoms with Crippen molar-refractivity contribution in [3.63, 3.8) is 0 Å². The van der Waals surface area contributed by atoms with Gasteiger partial charge in [-0.05, 0) is 12.1 Å². The zero-order valence-electron chi connectivity index (χ0n) is 10.4. The molecule has 0 aliphatic heterocycles. The maximum absolute atomic E-state index is 10.0. The molecule has 94 valence electrons. The normalized spacial score (nSPS) is 9.47. The first kappa shape index (κ1) is 12.8. The van der Waals surface area contributed by atoms with Crippen molar-refractivity contribution < 1.29 is 4.79 Å².